The maximum absolute atomic E-state index is 6.01. The maximum atomic E-state index is 6.01. The molecular weight excluding hydrogens is 232 g/mol. The van der Waals surface area contributed by atoms with Crippen LogP contribution >= 0.6 is 0 Å². The zero-order chi connectivity index (χ0) is 13.9. The fourth-order valence-electron chi connectivity index (χ4n) is 2.66. The van der Waals surface area contributed by atoms with Crippen molar-refractivity contribution in [2.24, 2.45) is 11.1 Å². The van der Waals surface area contributed by atoms with E-state index in [0.717, 1.165) is 12.8 Å². The van der Waals surface area contributed by atoms with E-state index in [1.165, 1.54) is 37.2 Å². The van der Waals surface area contributed by atoms with Gasteiger partial charge in [0.1, 0.15) is 0 Å². The molecule has 106 valence electrons. The van der Waals surface area contributed by atoms with Crippen molar-refractivity contribution >= 4 is 5.69 Å². The molecule has 0 amide bonds. The first-order chi connectivity index (χ1) is 9.00. The minimum absolute atomic E-state index is 0.293. The normalized spacial score (nSPS) is 20.3. The summed E-state index contributed by atoms with van der Waals surface area (Å²) >= 11 is 0. The third-order valence-corrected chi connectivity index (χ3v) is 4.44. The lowest BCUT2D eigenvalue weighted by Gasteiger charge is -2.38. The summed E-state index contributed by atoms with van der Waals surface area (Å²) in [6.07, 6.45) is 4.61. The number of hydrogen-bond acceptors (Lipinski definition) is 2. The van der Waals surface area contributed by atoms with Crippen molar-refractivity contribution in [2.45, 2.75) is 52.5 Å². The molecule has 1 fully saturated rings. The van der Waals surface area contributed by atoms with Gasteiger partial charge >= 0.3 is 0 Å². The Bertz CT molecular complexity index is 384. The van der Waals surface area contributed by atoms with E-state index in [1.807, 2.05) is 0 Å². The van der Waals surface area contributed by atoms with Crippen LogP contribution < -0.4 is 10.6 Å². The van der Waals surface area contributed by atoms with Crippen LogP contribution in [0.4, 0.5) is 5.69 Å². The molecule has 1 saturated heterocycles. The Morgan fingerprint density at radius 1 is 1.16 bits per heavy atom. The van der Waals surface area contributed by atoms with E-state index in [-0.39, 0.29) is 0 Å². The highest BCUT2D eigenvalue weighted by Crippen LogP contribution is 2.32. The number of nitrogens with zero attached hydrogens (tertiary/aromatic N) is 1. The Labute approximate surface area is 118 Å². The Morgan fingerprint density at radius 2 is 1.74 bits per heavy atom. The molecule has 2 N–H and O–H groups in total. The second-order valence-corrected chi connectivity index (χ2v) is 6.69. The highest BCUT2D eigenvalue weighted by atomic mass is 15.1. The van der Waals surface area contributed by atoms with Crippen molar-refractivity contribution in [2.75, 3.05) is 18.0 Å². The van der Waals surface area contributed by atoms with Crippen LogP contribution in [0.1, 0.15) is 45.6 Å². The number of hydrogen-bond donors (Lipinski definition) is 1. The van der Waals surface area contributed by atoms with E-state index in [0.29, 0.717) is 11.5 Å². The first kappa shape index (κ1) is 14.4. The molecule has 1 heterocycles. The van der Waals surface area contributed by atoms with Gasteiger partial charge in [-0.15, -0.1) is 0 Å². The van der Waals surface area contributed by atoms with Crippen molar-refractivity contribution in [3.05, 3.63) is 29.8 Å². The van der Waals surface area contributed by atoms with Gasteiger partial charge in [0.25, 0.3) is 0 Å². The molecule has 1 aromatic rings. The van der Waals surface area contributed by atoms with E-state index in [4.69, 9.17) is 5.73 Å². The molecule has 0 bridgehead atoms. The van der Waals surface area contributed by atoms with Crippen LogP contribution in [-0.4, -0.2) is 19.1 Å². The third-order valence-electron chi connectivity index (χ3n) is 4.44. The monoisotopic (exact) mass is 260 g/mol. The Hall–Kier alpha value is -1.02. The first-order valence-corrected chi connectivity index (χ1v) is 7.60. The number of anilines is 1. The van der Waals surface area contributed by atoms with E-state index in [9.17, 15) is 0 Å². The lowest BCUT2D eigenvalue weighted by molar-refractivity contribution is 0.280. The van der Waals surface area contributed by atoms with Crippen molar-refractivity contribution < 1.29 is 0 Å². The molecule has 2 rings (SSSR count). The van der Waals surface area contributed by atoms with Crippen LogP contribution in [0.5, 0.6) is 0 Å². The van der Waals surface area contributed by atoms with Gasteiger partial charge in [-0.3, -0.25) is 0 Å². The predicted molar refractivity (Wildman–Crippen MR) is 83.6 cm³/mol. The van der Waals surface area contributed by atoms with Gasteiger partial charge in [0, 0.05) is 24.8 Å². The summed E-state index contributed by atoms with van der Waals surface area (Å²) in [4.78, 5) is 2.51. The van der Waals surface area contributed by atoms with Gasteiger partial charge in [0.2, 0.25) is 0 Å². The highest BCUT2D eigenvalue weighted by Gasteiger charge is 2.25. The number of rotatable bonds is 4. The summed E-state index contributed by atoms with van der Waals surface area (Å²) in [5, 5.41) is 0. The molecular formula is C17H28N2. The molecule has 2 nitrogen and oxygen atoms in total. The second-order valence-electron chi connectivity index (χ2n) is 6.69. The average molecular weight is 260 g/mol. The Morgan fingerprint density at radius 3 is 2.26 bits per heavy atom. The van der Waals surface area contributed by atoms with Gasteiger partial charge in [-0.25, -0.2) is 0 Å². The zero-order valence-corrected chi connectivity index (χ0v) is 12.7. The summed E-state index contributed by atoms with van der Waals surface area (Å²) in [6.45, 7) is 9.26. The molecule has 1 aromatic carbocycles. The zero-order valence-electron chi connectivity index (χ0n) is 12.7. The third kappa shape index (κ3) is 3.97. The first-order valence-electron chi connectivity index (χ1n) is 7.60. The quantitative estimate of drug-likeness (QED) is 0.896. The number of piperidine rings is 1. The van der Waals surface area contributed by atoms with E-state index < -0.39 is 0 Å². The molecule has 1 aliphatic rings. The molecule has 1 atom stereocenters. The van der Waals surface area contributed by atoms with Crippen LogP contribution in [0.25, 0.3) is 0 Å². The van der Waals surface area contributed by atoms with Crippen molar-refractivity contribution in [1.29, 1.82) is 0 Å². The van der Waals surface area contributed by atoms with Gasteiger partial charge in [-0.2, -0.15) is 0 Å². The largest absolute Gasteiger partial charge is 0.371 e. The standard InChI is InChI=1S/C17H28N2/c1-4-15(18)13-14-5-7-16(8-6-14)19-11-9-17(2,3)10-12-19/h5-8,15H,4,9-13,18H2,1-3H3. The molecule has 19 heavy (non-hydrogen) atoms. The smallest absolute Gasteiger partial charge is 0.0366 e. The minimum Gasteiger partial charge on any atom is -0.371 e. The molecule has 0 spiro atoms. The summed E-state index contributed by atoms with van der Waals surface area (Å²) in [5.74, 6) is 0. The Kier molecular flexibility index (Phi) is 4.51. The van der Waals surface area contributed by atoms with Crippen LogP contribution in [0.15, 0.2) is 24.3 Å². The summed E-state index contributed by atoms with van der Waals surface area (Å²) in [5.41, 5.74) is 9.25. The van der Waals surface area contributed by atoms with Gasteiger partial charge in [0.15, 0.2) is 0 Å². The predicted octanol–water partition coefficient (Wildman–Crippen LogP) is 3.59. The molecule has 0 saturated carbocycles. The molecule has 0 aromatic heterocycles. The van der Waals surface area contributed by atoms with Crippen LogP contribution in [0.3, 0.4) is 0 Å². The Balaban J connectivity index is 1.95. The van der Waals surface area contributed by atoms with Crippen molar-refractivity contribution in [1.82, 2.24) is 0 Å². The van der Waals surface area contributed by atoms with Crippen molar-refractivity contribution in [3.8, 4) is 0 Å². The summed E-state index contributed by atoms with van der Waals surface area (Å²) in [7, 11) is 0. The summed E-state index contributed by atoms with van der Waals surface area (Å²) < 4.78 is 0. The minimum atomic E-state index is 0.293. The van der Waals surface area contributed by atoms with Crippen LogP contribution in [0, 0.1) is 5.41 Å². The molecule has 1 aliphatic heterocycles. The molecule has 1 unspecified atom stereocenters. The fourth-order valence-corrected chi connectivity index (χ4v) is 2.66. The van der Waals surface area contributed by atoms with E-state index in [1.54, 1.807) is 0 Å². The van der Waals surface area contributed by atoms with E-state index in [2.05, 4.69) is 49.9 Å². The summed E-state index contributed by atoms with van der Waals surface area (Å²) in [6, 6.07) is 9.29. The average Bonchev–Trinajstić information content (AvgIpc) is 2.40. The van der Waals surface area contributed by atoms with Gasteiger partial charge in [-0.1, -0.05) is 32.9 Å². The molecule has 0 radical (unpaired) electrons. The highest BCUT2D eigenvalue weighted by molar-refractivity contribution is 5.48. The van der Waals surface area contributed by atoms with Crippen LogP contribution in [0.2, 0.25) is 0 Å². The van der Waals surface area contributed by atoms with Crippen LogP contribution in [-0.2, 0) is 6.42 Å². The van der Waals surface area contributed by atoms with E-state index >= 15 is 0 Å². The molecule has 2 heteroatoms. The molecule has 0 aliphatic carbocycles. The number of benzene rings is 1. The number of nitrogens with two attached hydrogens (primary N) is 1. The topological polar surface area (TPSA) is 29.3 Å². The maximum Gasteiger partial charge on any atom is 0.0366 e. The second kappa shape index (κ2) is 5.96. The lowest BCUT2D eigenvalue weighted by Crippen LogP contribution is -2.37. The van der Waals surface area contributed by atoms with Gasteiger partial charge in [0.05, 0.1) is 0 Å². The SMILES string of the molecule is CCC(N)Cc1ccc(N2CCC(C)(C)CC2)cc1. The van der Waals surface area contributed by atoms with Gasteiger partial charge < -0.3 is 10.6 Å². The van der Waals surface area contributed by atoms with Crippen molar-refractivity contribution in [3.63, 3.8) is 0 Å². The fraction of sp³-hybridized carbons (Fsp3) is 0.647. The lowest BCUT2D eigenvalue weighted by atomic mass is 9.82. The van der Waals surface area contributed by atoms with Gasteiger partial charge in [-0.05, 0) is 48.8 Å².